The summed E-state index contributed by atoms with van der Waals surface area (Å²) in [6.07, 6.45) is 0. The molecule has 0 saturated heterocycles. The third-order valence-electron chi connectivity index (χ3n) is 5.25. The average Bonchev–Trinajstić information content (AvgIpc) is 3.23. The zero-order valence-electron chi connectivity index (χ0n) is 17.2. The second-order valence-corrected chi connectivity index (χ2v) is 8.97. The molecule has 10 heteroatoms. The molecule has 1 aliphatic heterocycles. The van der Waals surface area contributed by atoms with Gasteiger partial charge >= 0.3 is 5.97 Å². The van der Waals surface area contributed by atoms with Gasteiger partial charge in [-0.05, 0) is 30.2 Å². The third-order valence-corrected chi connectivity index (χ3v) is 6.80. The Morgan fingerprint density at radius 1 is 1.25 bits per heavy atom. The van der Waals surface area contributed by atoms with E-state index in [2.05, 4.69) is 15.4 Å². The Hall–Kier alpha value is -2.26. The van der Waals surface area contributed by atoms with Crippen molar-refractivity contribution in [2.75, 3.05) is 17.8 Å². The minimum atomic E-state index is -1.84. The van der Waals surface area contributed by atoms with Gasteiger partial charge < -0.3 is 15.2 Å². The summed E-state index contributed by atoms with van der Waals surface area (Å²) in [6, 6.07) is 16.3. The fourth-order valence-corrected chi connectivity index (χ4v) is 4.89. The number of halogens is 2. The van der Waals surface area contributed by atoms with Gasteiger partial charge in [0.05, 0.1) is 18.5 Å². The number of hydrogen-bond acceptors (Lipinski definition) is 7. The van der Waals surface area contributed by atoms with Crippen molar-refractivity contribution in [3.63, 3.8) is 0 Å². The number of carbonyl (C=O) groups is 1. The first-order valence-corrected chi connectivity index (χ1v) is 12.0. The highest BCUT2D eigenvalue weighted by Gasteiger charge is 2.54. The van der Waals surface area contributed by atoms with Crippen molar-refractivity contribution in [3.05, 3.63) is 70.7 Å². The molecule has 7 nitrogen and oxygen atoms in total. The molecule has 2 heterocycles. The van der Waals surface area contributed by atoms with Gasteiger partial charge in [0.15, 0.2) is 5.72 Å². The standard InChI is InChI=1S/C22H22Cl2N4O3S/c1-2-31-19(29)17-18(15-8-10-16(24)11-9-15)25-20-26-21(27-28(20)22(17,30)13-23)32-12-14-6-4-3-5-7-14/h3-11,17-18,30H,2,12-13H2,1H3,(H,25,26,27). The molecule has 1 aromatic heterocycles. The predicted octanol–water partition coefficient (Wildman–Crippen LogP) is 4.45. The molecule has 3 atom stereocenters. The molecule has 0 saturated carbocycles. The van der Waals surface area contributed by atoms with E-state index in [9.17, 15) is 9.90 Å². The first kappa shape index (κ1) is 22.9. The van der Waals surface area contributed by atoms with Crippen LogP contribution in [0.15, 0.2) is 59.8 Å². The zero-order valence-corrected chi connectivity index (χ0v) is 19.6. The van der Waals surface area contributed by atoms with Crippen LogP contribution in [-0.2, 0) is 21.0 Å². The summed E-state index contributed by atoms with van der Waals surface area (Å²) in [5.74, 6) is -0.929. The molecule has 4 rings (SSSR count). The van der Waals surface area contributed by atoms with E-state index in [1.54, 1.807) is 31.2 Å². The monoisotopic (exact) mass is 492 g/mol. The first-order chi connectivity index (χ1) is 15.5. The smallest absolute Gasteiger partial charge is 0.316 e. The number of fused-ring (bicyclic) bond motifs is 1. The Morgan fingerprint density at radius 3 is 2.62 bits per heavy atom. The third kappa shape index (κ3) is 4.45. The number of aliphatic hydroxyl groups is 1. The topological polar surface area (TPSA) is 89.3 Å². The number of benzene rings is 2. The van der Waals surface area contributed by atoms with Crippen molar-refractivity contribution >= 4 is 46.9 Å². The van der Waals surface area contributed by atoms with Crippen molar-refractivity contribution in [2.45, 2.75) is 29.6 Å². The summed E-state index contributed by atoms with van der Waals surface area (Å²) in [4.78, 5) is 17.5. The fraction of sp³-hybridized carbons (Fsp3) is 0.318. The van der Waals surface area contributed by atoms with Gasteiger partial charge in [0.25, 0.3) is 0 Å². The van der Waals surface area contributed by atoms with E-state index in [0.717, 1.165) is 11.1 Å². The molecule has 32 heavy (non-hydrogen) atoms. The van der Waals surface area contributed by atoms with Crippen LogP contribution in [0.4, 0.5) is 5.95 Å². The summed E-state index contributed by atoms with van der Waals surface area (Å²) in [6.45, 7) is 1.88. The Morgan fingerprint density at radius 2 is 1.97 bits per heavy atom. The summed E-state index contributed by atoms with van der Waals surface area (Å²) in [5, 5.41) is 20.4. The molecule has 0 bridgehead atoms. The second-order valence-electron chi connectivity index (χ2n) is 7.32. The maximum atomic E-state index is 13.0. The molecule has 0 amide bonds. The van der Waals surface area contributed by atoms with E-state index in [-0.39, 0.29) is 12.5 Å². The zero-order chi connectivity index (χ0) is 22.7. The first-order valence-electron chi connectivity index (χ1n) is 10.1. The van der Waals surface area contributed by atoms with Gasteiger partial charge in [0.2, 0.25) is 11.1 Å². The molecular weight excluding hydrogens is 471 g/mol. The molecule has 3 unspecified atom stereocenters. The highest BCUT2D eigenvalue weighted by molar-refractivity contribution is 7.98. The van der Waals surface area contributed by atoms with Gasteiger partial charge in [-0.15, -0.1) is 16.7 Å². The van der Waals surface area contributed by atoms with Gasteiger partial charge in [-0.1, -0.05) is 65.8 Å². The van der Waals surface area contributed by atoms with Crippen molar-refractivity contribution < 1.29 is 14.6 Å². The van der Waals surface area contributed by atoms with Crippen LogP contribution in [-0.4, -0.2) is 38.3 Å². The lowest BCUT2D eigenvalue weighted by Gasteiger charge is -2.42. The number of aromatic nitrogens is 3. The quantitative estimate of drug-likeness (QED) is 0.286. The van der Waals surface area contributed by atoms with Crippen LogP contribution in [0.5, 0.6) is 0 Å². The minimum absolute atomic E-state index is 0.170. The van der Waals surface area contributed by atoms with E-state index < -0.39 is 23.7 Å². The molecular formula is C22H22Cl2N4O3S. The van der Waals surface area contributed by atoms with Crippen LogP contribution < -0.4 is 5.32 Å². The van der Waals surface area contributed by atoms with Crippen LogP contribution in [0, 0.1) is 5.92 Å². The number of rotatable bonds is 7. The second kappa shape index (κ2) is 9.70. The maximum absolute atomic E-state index is 13.0. The summed E-state index contributed by atoms with van der Waals surface area (Å²) in [7, 11) is 0. The molecule has 3 aromatic rings. The predicted molar refractivity (Wildman–Crippen MR) is 125 cm³/mol. The molecule has 0 fully saturated rings. The van der Waals surface area contributed by atoms with Crippen LogP contribution in [0.25, 0.3) is 0 Å². The van der Waals surface area contributed by atoms with E-state index >= 15 is 0 Å². The molecule has 0 spiro atoms. The lowest BCUT2D eigenvalue weighted by Crippen LogP contribution is -2.55. The van der Waals surface area contributed by atoms with Crippen LogP contribution in [0.1, 0.15) is 24.1 Å². The van der Waals surface area contributed by atoms with E-state index in [1.807, 2.05) is 30.3 Å². The molecule has 2 N–H and O–H groups in total. The highest BCUT2D eigenvalue weighted by atomic mass is 35.5. The fourth-order valence-electron chi connectivity index (χ4n) is 3.70. The molecule has 168 valence electrons. The van der Waals surface area contributed by atoms with Gasteiger partial charge in [-0.3, -0.25) is 4.79 Å². The van der Waals surface area contributed by atoms with Crippen LogP contribution in [0.2, 0.25) is 5.02 Å². The maximum Gasteiger partial charge on any atom is 0.316 e. The number of esters is 1. The van der Waals surface area contributed by atoms with Crippen molar-refractivity contribution in [1.82, 2.24) is 14.8 Å². The minimum Gasteiger partial charge on any atom is -0.466 e. The van der Waals surface area contributed by atoms with Crippen molar-refractivity contribution in [2.24, 2.45) is 5.92 Å². The average molecular weight is 493 g/mol. The summed E-state index contributed by atoms with van der Waals surface area (Å²) in [5.41, 5.74) is 0.0232. The summed E-state index contributed by atoms with van der Waals surface area (Å²) < 4.78 is 6.58. The van der Waals surface area contributed by atoms with Crippen molar-refractivity contribution in [1.29, 1.82) is 0 Å². The summed E-state index contributed by atoms with van der Waals surface area (Å²) >= 11 is 13.7. The number of alkyl halides is 1. The lowest BCUT2D eigenvalue weighted by molar-refractivity contribution is -0.170. The molecule has 1 aliphatic rings. The molecule has 0 aliphatic carbocycles. The highest BCUT2D eigenvalue weighted by Crippen LogP contribution is 2.44. The number of nitrogens with one attached hydrogen (secondary N) is 1. The number of thioether (sulfide) groups is 1. The normalized spacial score (nSPS) is 22.1. The van der Waals surface area contributed by atoms with Crippen LogP contribution in [0.3, 0.4) is 0 Å². The van der Waals surface area contributed by atoms with Gasteiger partial charge in [0, 0.05) is 10.8 Å². The van der Waals surface area contributed by atoms with Crippen LogP contribution >= 0.6 is 35.0 Å². The molecule has 2 aromatic carbocycles. The van der Waals surface area contributed by atoms with E-state index in [1.165, 1.54) is 16.4 Å². The lowest BCUT2D eigenvalue weighted by atomic mass is 9.83. The number of ether oxygens (including phenoxy) is 1. The SMILES string of the molecule is CCOC(=O)C1C(c2ccc(Cl)cc2)Nc2nc(SCc3ccccc3)nn2C1(O)CCl. The largest absolute Gasteiger partial charge is 0.466 e. The number of carbonyl (C=O) groups excluding carboxylic acids is 1. The van der Waals surface area contributed by atoms with Gasteiger partial charge in [-0.25, -0.2) is 0 Å². The van der Waals surface area contributed by atoms with Gasteiger partial charge in [0.1, 0.15) is 5.92 Å². The Kier molecular flexibility index (Phi) is 6.95. The number of nitrogens with zero attached hydrogens (tertiary/aromatic N) is 3. The van der Waals surface area contributed by atoms with Gasteiger partial charge in [-0.2, -0.15) is 9.67 Å². The Balaban J connectivity index is 1.71. The van der Waals surface area contributed by atoms with E-state index in [0.29, 0.717) is 21.9 Å². The Bertz CT molecular complexity index is 1080. The van der Waals surface area contributed by atoms with E-state index in [4.69, 9.17) is 27.9 Å². The number of hydrogen-bond donors (Lipinski definition) is 2. The molecule has 0 radical (unpaired) electrons. The number of anilines is 1. The Labute approximate surface area is 200 Å². The van der Waals surface area contributed by atoms with Crippen molar-refractivity contribution in [3.8, 4) is 0 Å².